The third-order valence-corrected chi connectivity index (χ3v) is 2.93. The van der Waals surface area contributed by atoms with Crippen molar-refractivity contribution in [1.29, 1.82) is 5.26 Å². The Morgan fingerprint density at radius 2 is 2.10 bits per heavy atom. The Morgan fingerprint density at radius 3 is 2.70 bits per heavy atom. The van der Waals surface area contributed by atoms with Crippen LogP contribution in [0.4, 0.5) is 15.8 Å². The summed E-state index contributed by atoms with van der Waals surface area (Å²) in [5.41, 5.74) is 6.32. The van der Waals surface area contributed by atoms with Crippen molar-refractivity contribution in [2.75, 3.05) is 11.1 Å². The van der Waals surface area contributed by atoms with E-state index in [1.165, 1.54) is 30.3 Å². The number of hydrogen-bond donors (Lipinski definition) is 2. The number of nitriles is 1. The van der Waals surface area contributed by atoms with Crippen LogP contribution in [-0.4, -0.2) is 5.91 Å². The van der Waals surface area contributed by atoms with Crippen LogP contribution in [0.3, 0.4) is 0 Å². The van der Waals surface area contributed by atoms with E-state index >= 15 is 0 Å². The molecule has 2 rings (SSSR count). The highest BCUT2D eigenvalue weighted by Crippen LogP contribution is 2.23. The summed E-state index contributed by atoms with van der Waals surface area (Å²) >= 11 is 5.80. The smallest absolute Gasteiger partial charge is 0.260 e. The van der Waals surface area contributed by atoms with E-state index in [0.29, 0.717) is 5.56 Å². The Hall–Kier alpha value is -2.58. The van der Waals surface area contributed by atoms with Gasteiger partial charge in [0, 0.05) is 0 Å². The van der Waals surface area contributed by atoms with E-state index in [-0.39, 0.29) is 22.0 Å². The molecule has 0 atom stereocenters. The standard InChI is InChI=1S/C14H9ClFN3O/c15-9-2-1-3-10(16)13(9)14(20)19-12-5-4-8(7-17)6-11(12)18/h1-6H,18H2,(H,19,20). The predicted molar refractivity (Wildman–Crippen MR) is 74.9 cm³/mol. The van der Waals surface area contributed by atoms with Crippen molar-refractivity contribution in [1.82, 2.24) is 0 Å². The normalized spacial score (nSPS) is 9.85. The zero-order valence-corrected chi connectivity index (χ0v) is 10.9. The van der Waals surface area contributed by atoms with E-state index in [9.17, 15) is 9.18 Å². The number of anilines is 2. The molecule has 0 aromatic heterocycles. The average molecular weight is 290 g/mol. The highest BCUT2D eigenvalue weighted by Gasteiger charge is 2.16. The van der Waals surface area contributed by atoms with E-state index in [4.69, 9.17) is 22.6 Å². The monoisotopic (exact) mass is 289 g/mol. The molecule has 3 N–H and O–H groups in total. The maximum atomic E-state index is 13.6. The first-order chi connectivity index (χ1) is 9.52. The average Bonchev–Trinajstić information content (AvgIpc) is 2.41. The first-order valence-corrected chi connectivity index (χ1v) is 5.95. The second-order valence-electron chi connectivity index (χ2n) is 3.96. The van der Waals surface area contributed by atoms with Crippen molar-refractivity contribution in [2.45, 2.75) is 0 Å². The number of benzene rings is 2. The van der Waals surface area contributed by atoms with Crippen molar-refractivity contribution in [2.24, 2.45) is 0 Å². The molecule has 0 aliphatic heterocycles. The molecule has 4 nitrogen and oxygen atoms in total. The zero-order chi connectivity index (χ0) is 14.7. The number of carbonyl (C=O) groups excluding carboxylic acids is 1. The number of amides is 1. The molecular formula is C14H9ClFN3O. The van der Waals surface area contributed by atoms with Crippen molar-refractivity contribution >= 4 is 28.9 Å². The summed E-state index contributed by atoms with van der Waals surface area (Å²) in [5.74, 6) is -1.42. The lowest BCUT2D eigenvalue weighted by Crippen LogP contribution is -2.15. The van der Waals surface area contributed by atoms with Gasteiger partial charge in [0.15, 0.2) is 0 Å². The molecule has 0 aliphatic carbocycles. The number of rotatable bonds is 2. The third-order valence-electron chi connectivity index (χ3n) is 2.62. The Bertz CT molecular complexity index is 705. The van der Waals surface area contributed by atoms with Gasteiger partial charge in [-0.15, -0.1) is 0 Å². The maximum Gasteiger partial charge on any atom is 0.260 e. The van der Waals surface area contributed by atoms with Crippen LogP contribution in [0.15, 0.2) is 36.4 Å². The topological polar surface area (TPSA) is 78.9 Å². The molecule has 2 aromatic carbocycles. The number of carbonyl (C=O) groups is 1. The molecule has 0 bridgehead atoms. The molecule has 0 fully saturated rings. The van der Waals surface area contributed by atoms with Gasteiger partial charge in [-0.25, -0.2) is 4.39 Å². The van der Waals surface area contributed by atoms with Crippen LogP contribution in [0.2, 0.25) is 5.02 Å². The van der Waals surface area contributed by atoms with Gasteiger partial charge < -0.3 is 11.1 Å². The molecule has 0 radical (unpaired) electrons. The molecule has 2 aromatic rings. The summed E-state index contributed by atoms with van der Waals surface area (Å²) < 4.78 is 13.6. The second-order valence-corrected chi connectivity index (χ2v) is 4.37. The van der Waals surface area contributed by atoms with Gasteiger partial charge in [-0.3, -0.25) is 4.79 Å². The van der Waals surface area contributed by atoms with Crippen molar-refractivity contribution < 1.29 is 9.18 Å². The first kappa shape index (κ1) is 13.8. The van der Waals surface area contributed by atoms with Gasteiger partial charge in [-0.1, -0.05) is 17.7 Å². The Kier molecular flexibility index (Phi) is 3.87. The molecule has 0 saturated carbocycles. The molecule has 0 saturated heterocycles. The molecule has 0 unspecified atom stereocenters. The number of nitrogen functional groups attached to an aromatic ring is 1. The summed E-state index contributed by atoms with van der Waals surface area (Å²) in [7, 11) is 0. The fraction of sp³-hybridized carbons (Fsp3) is 0. The van der Waals surface area contributed by atoms with Crippen LogP contribution in [-0.2, 0) is 0 Å². The van der Waals surface area contributed by atoms with E-state index < -0.39 is 11.7 Å². The minimum Gasteiger partial charge on any atom is -0.397 e. The summed E-state index contributed by atoms with van der Waals surface area (Å²) in [6.45, 7) is 0. The lowest BCUT2D eigenvalue weighted by molar-refractivity contribution is 0.102. The highest BCUT2D eigenvalue weighted by molar-refractivity contribution is 6.34. The number of nitrogens with one attached hydrogen (secondary N) is 1. The SMILES string of the molecule is N#Cc1ccc(NC(=O)c2c(F)cccc2Cl)c(N)c1. The molecule has 6 heteroatoms. The number of hydrogen-bond acceptors (Lipinski definition) is 3. The minimum atomic E-state index is -0.720. The van der Waals surface area contributed by atoms with Crippen LogP contribution in [0.1, 0.15) is 15.9 Å². The van der Waals surface area contributed by atoms with Gasteiger partial charge in [0.2, 0.25) is 0 Å². The van der Waals surface area contributed by atoms with Crippen LogP contribution in [0, 0.1) is 17.1 Å². The van der Waals surface area contributed by atoms with Crippen molar-refractivity contribution in [3.05, 3.63) is 58.4 Å². The summed E-state index contributed by atoms with van der Waals surface area (Å²) in [5, 5.41) is 11.2. The first-order valence-electron chi connectivity index (χ1n) is 5.58. The second kappa shape index (κ2) is 5.59. The lowest BCUT2D eigenvalue weighted by atomic mass is 10.1. The van der Waals surface area contributed by atoms with Crippen LogP contribution in [0.25, 0.3) is 0 Å². The fourth-order valence-corrected chi connectivity index (χ4v) is 1.89. The summed E-state index contributed by atoms with van der Waals surface area (Å²) in [6, 6.07) is 10.3. The van der Waals surface area contributed by atoms with Gasteiger partial charge in [0.1, 0.15) is 5.82 Å². The van der Waals surface area contributed by atoms with E-state index in [0.717, 1.165) is 6.07 Å². The molecular weight excluding hydrogens is 281 g/mol. The minimum absolute atomic E-state index is 0.00900. The highest BCUT2D eigenvalue weighted by atomic mass is 35.5. The number of nitrogens with two attached hydrogens (primary N) is 1. The van der Waals surface area contributed by atoms with Gasteiger partial charge >= 0.3 is 0 Å². The van der Waals surface area contributed by atoms with E-state index in [1.54, 1.807) is 0 Å². The Morgan fingerprint density at radius 1 is 1.35 bits per heavy atom. The lowest BCUT2D eigenvalue weighted by Gasteiger charge is -2.10. The summed E-state index contributed by atoms with van der Waals surface area (Å²) in [4.78, 5) is 12.0. The largest absolute Gasteiger partial charge is 0.397 e. The molecule has 0 spiro atoms. The van der Waals surface area contributed by atoms with E-state index in [1.807, 2.05) is 6.07 Å². The van der Waals surface area contributed by atoms with Crippen molar-refractivity contribution in [3.63, 3.8) is 0 Å². The zero-order valence-electron chi connectivity index (χ0n) is 10.2. The quantitative estimate of drug-likeness (QED) is 0.833. The number of nitrogens with zero attached hydrogens (tertiary/aromatic N) is 1. The van der Waals surface area contributed by atoms with Crippen LogP contribution >= 0.6 is 11.6 Å². The molecule has 100 valence electrons. The van der Waals surface area contributed by atoms with Crippen LogP contribution in [0.5, 0.6) is 0 Å². The van der Waals surface area contributed by atoms with Crippen LogP contribution < -0.4 is 11.1 Å². The Balaban J connectivity index is 2.31. The number of halogens is 2. The van der Waals surface area contributed by atoms with Gasteiger partial charge in [-0.05, 0) is 30.3 Å². The Labute approximate surface area is 119 Å². The van der Waals surface area contributed by atoms with Gasteiger partial charge in [0.05, 0.1) is 33.6 Å². The van der Waals surface area contributed by atoms with Gasteiger partial charge in [0.25, 0.3) is 5.91 Å². The third kappa shape index (κ3) is 2.71. The molecule has 1 amide bonds. The molecule has 0 aliphatic rings. The maximum absolute atomic E-state index is 13.6. The van der Waals surface area contributed by atoms with Gasteiger partial charge in [-0.2, -0.15) is 5.26 Å². The fourth-order valence-electron chi connectivity index (χ4n) is 1.65. The van der Waals surface area contributed by atoms with E-state index in [2.05, 4.69) is 5.32 Å². The predicted octanol–water partition coefficient (Wildman–Crippen LogP) is 3.19. The van der Waals surface area contributed by atoms with Crippen molar-refractivity contribution in [3.8, 4) is 6.07 Å². The summed E-state index contributed by atoms with van der Waals surface area (Å²) in [6.07, 6.45) is 0. The molecule has 0 heterocycles. The molecule has 20 heavy (non-hydrogen) atoms.